The Morgan fingerprint density at radius 2 is 1.73 bits per heavy atom. The number of aryl methyl sites for hydroxylation is 1. The van der Waals surface area contributed by atoms with Crippen molar-refractivity contribution in [1.82, 2.24) is 15.0 Å². The summed E-state index contributed by atoms with van der Waals surface area (Å²) in [4.78, 5) is 29.3. The molecule has 1 fully saturated rings. The van der Waals surface area contributed by atoms with Crippen molar-refractivity contribution < 1.29 is 18.5 Å². The molecule has 2 heterocycles. The van der Waals surface area contributed by atoms with Crippen LogP contribution in [-0.4, -0.2) is 53.1 Å². The Morgan fingerprint density at radius 1 is 1.03 bits per heavy atom. The van der Waals surface area contributed by atoms with Gasteiger partial charge >= 0.3 is 6.03 Å². The number of benzene rings is 2. The van der Waals surface area contributed by atoms with Gasteiger partial charge in [0.1, 0.15) is 22.8 Å². The van der Waals surface area contributed by atoms with Crippen molar-refractivity contribution in [2.24, 2.45) is 0 Å². The van der Waals surface area contributed by atoms with E-state index in [1.807, 2.05) is 0 Å². The summed E-state index contributed by atoms with van der Waals surface area (Å²) >= 11 is 12.1. The molecule has 3 amide bonds. The summed E-state index contributed by atoms with van der Waals surface area (Å²) < 4.78 is 19.7. The monoisotopic (exact) mass is 490 g/mol. The lowest BCUT2D eigenvalue weighted by atomic mass is 10.0. The first-order valence-corrected chi connectivity index (χ1v) is 11.1. The number of aromatic nitrogens is 1. The molecule has 1 aliphatic heterocycles. The minimum Gasteiger partial charge on any atom is -0.360 e. The first-order chi connectivity index (χ1) is 15.8. The van der Waals surface area contributed by atoms with Crippen LogP contribution < -0.4 is 5.32 Å². The number of halogens is 3. The number of amides is 3. The highest BCUT2D eigenvalue weighted by atomic mass is 35.5. The van der Waals surface area contributed by atoms with Crippen LogP contribution in [0.4, 0.5) is 14.9 Å². The predicted molar refractivity (Wildman–Crippen MR) is 124 cm³/mol. The van der Waals surface area contributed by atoms with Crippen molar-refractivity contribution in [2.75, 3.05) is 31.5 Å². The molecule has 33 heavy (non-hydrogen) atoms. The zero-order valence-electron chi connectivity index (χ0n) is 17.8. The second kappa shape index (κ2) is 9.80. The van der Waals surface area contributed by atoms with Crippen LogP contribution in [0.15, 0.2) is 47.0 Å². The second-order valence-electron chi connectivity index (χ2n) is 7.63. The van der Waals surface area contributed by atoms with Crippen LogP contribution in [0.1, 0.15) is 22.5 Å². The summed E-state index contributed by atoms with van der Waals surface area (Å²) in [5.41, 5.74) is 0.898. The number of carbonyl (C=O) groups excluding carboxylic acids is 2. The van der Waals surface area contributed by atoms with Gasteiger partial charge in [-0.2, -0.15) is 0 Å². The van der Waals surface area contributed by atoms with Gasteiger partial charge in [0.2, 0.25) is 0 Å². The molecule has 0 unspecified atom stereocenters. The third kappa shape index (κ3) is 4.96. The van der Waals surface area contributed by atoms with Crippen LogP contribution in [0.3, 0.4) is 0 Å². The van der Waals surface area contributed by atoms with Gasteiger partial charge < -0.3 is 19.6 Å². The van der Waals surface area contributed by atoms with E-state index in [9.17, 15) is 14.0 Å². The lowest BCUT2D eigenvalue weighted by molar-refractivity contribution is 0.0761. The number of carbonyl (C=O) groups is 2. The van der Waals surface area contributed by atoms with Crippen molar-refractivity contribution >= 4 is 40.8 Å². The fourth-order valence-corrected chi connectivity index (χ4v) is 4.11. The van der Waals surface area contributed by atoms with Crippen LogP contribution >= 0.6 is 23.2 Å². The zero-order valence-corrected chi connectivity index (χ0v) is 19.3. The molecule has 3 aromatic rings. The molecule has 10 heteroatoms. The SMILES string of the molecule is Cc1onc(-c2c(F)cccc2Cl)c1C(=O)N1CCCN(C(=O)Nc2ccc(Cl)cc2)CC1. The van der Waals surface area contributed by atoms with Crippen molar-refractivity contribution in [3.8, 4) is 11.3 Å². The number of urea groups is 1. The molecule has 2 aromatic carbocycles. The number of anilines is 1. The topological polar surface area (TPSA) is 78.7 Å². The highest BCUT2D eigenvalue weighted by Gasteiger charge is 2.30. The van der Waals surface area contributed by atoms with Crippen LogP contribution in [0.25, 0.3) is 11.3 Å². The van der Waals surface area contributed by atoms with E-state index >= 15 is 0 Å². The van der Waals surface area contributed by atoms with Gasteiger partial charge in [-0.3, -0.25) is 4.79 Å². The normalized spacial score (nSPS) is 14.2. The van der Waals surface area contributed by atoms with E-state index in [1.54, 1.807) is 41.0 Å². The molecule has 1 aliphatic rings. The lowest BCUT2D eigenvalue weighted by Gasteiger charge is -2.22. The van der Waals surface area contributed by atoms with Crippen LogP contribution in [0.5, 0.6) is 0 Å². The highest BCUT2D eigenvalue weighted by molar-refractivity contribution is 6.33. The molecule has 0 atom stereocenters. The Balaban J connectivity index is 1.49. The van der Waals surface area contributed by atoms with Crippen molar-refractivity contribution in [3.63, 3.8) is 0 Å². The molecule has 1 saturated heterocycles. The Hall–Kier alpha value is -3.10. The third-order valence-electron chi connectivity index (χ3n) is 5.44. The minimum atomic E-state index is -0.592. The Morgan fingerprint density at radius 3 is 2.45 bits per heavy atom. The number of nitrogens with one attached hydrogen (secondary N) is 1. The molecule has 0 radical (unpaired) electrons. The quantitative estimate of drug-likeness (QED) is 0.527. The van der Waals surface area contributed by atoms with Gasteiger partial charge in [-0.25, -0.2) is 9.18 Å². The van der Waals surface area contributed by atoms with Gasteiger partial charge in [-0.15, -0.1) is 0 Å². The molecule has 0 spiro atoms. The van der Waals surface area contributed by atoms with Crippen LogP contribution in [0, 0.1) is 12.7 Å². The fraction of sp³-hybridized carbons (Fsp3) is 0.261. The molecular weight excluding hydrogens is 470 g/mol. The zero-order chi connectivity index (χ0) is 23.5. The molecule has 172 valence electrons. The summed E-state index contributed by atoms with van der Waals surface area (Å²) in [5.74, 6) is -0.662. The Kier molecular flexibility index (Phi) is 6.85. The van der Waals surface area contributed by atoms with E-state index in [-0.39, 0.29) is 39.5 Å². The van der Waals surface area contributed by atoms with Crippen molar-refractivity contribution in [3.05, 3.63) is 69.7 Å². The molecule has 0 bridgehead atoms. The second-order valence-corrected chi connectivity index (χ2v) is 8.47. The number of hydrogen-bond acceptors (Lipinski definition) is 4. The fourth-order valence-electron chi connectivity index (χ4n) is 3.74. The Labute approximate surface area is 200 Å². The molecule has 0 aliphatic carbocycles. The first kappa shape index (κ1) is 23.1. The molecule has 1 N–H and O–H groups in total. The molecule has 0 saturated carbocycles. The van der Waals surface area contributed by atoms with E-state index in [0.717, 1.165) is 0 Å². The van der Waals surface area contributed by atoms with Gasteiger partial charge in [-0.1, -0.05) is 34.4 Å². The summed E-state index contributed by atoms with van der Waals surface area (Å²) in [5, 5.41) is 7.46. The average molecular weight is 491 g/mol. The maximum atomic E-state index is 14.5. The number of rotatable bonds is 3. The van der Waals surface area contributed by atoms with Gasteiger partial charge in [-0.05, 0) is 49.7 Å². The molecular formula is C23H21Cl2FN4O3. The van der Waals surface area contributed by atoms with Gasteiger partial charge in [0.25, 0.3) is 5.91 Å². The molecule has 7 nitrogen and oxygen atoms in total. The van der Waals surface area contributed by atoms with Gasteiger partial charge in [0.15, 0.2) is 0 Å². The van der Waals surface area contributed by atoms with Crippen LogP contribution in [-0.2, 0) is 0 Å². The van der Waals surface area contributed by atoms with E-state index in [4.69, 9.17) is 27.7 Å². The summed E-state index contributed by atoms with van der Waals surface area (Å²) in [7, 11) is 0. The van der Waals surface area contributed by atoms with E-state index in [2.05, 4.69) is 10.5 Å². The highest BCUT2D eigenvalue weighted by Crippen LogP contribution is 2.34. The van der Waals surface area contributed by atoms with Crippen molar-refractivity contribution in [2.45, 2.75) is 13.3 Å². The summed E-state index contributed by atoms with van der Waals surface area (Å²) in [6, 6.07) is 10.8. The summed E-state index contributed by atoms with van der Waals surface area (Å²) in [6.45, 7) is 3.16. The average Bonchev–Trinajstić information content (AvgIpc) is 2.99. The predicted octanol–water partition coefficient (Wildman–Crippen LogP) is 5.48. The standard InChI is InChI=1S/C23H21Cl2FN4O3/c1-14-19(21(28-33-14)20-17(25)4-2-5-18(20)26)22(31)29-10-3-11-30(13-12-29)23(32)27-16-8-6-15(24)7-9-16/h2,4-9H,3,10-13H2,1H3,(H,27,32). The van der Waals surface area contributed by atoms with E-state index in [1.165, 1.54) is 18.2 Å². The van der Waals surface area contributed by atoms with E-state index < -0.39 is 5.82 Å². The Bertz CT molecular complexity index is 1160. The molecule has 1 aromatic heterocycles. The van der Waals surface area contributed by atoms with E-state index in [0.29, 0.717) is 43.3 Å². The maximum Gasteiger partial charge on any atom is 0.321 e. The lowest BCUT2D eigenvalue weighted by Crippen LogP contribution is -2.39. The third-order valence-corrected chi connectivity index (χ3v) is 6.01. The maximum absolute atomic E-state index is 14.5. The number of hydrogen-bond donors (Lipinski definition) is 1. The minimum absolute atomic E-state index is 0.0261. The van der Waals surface area contributed by atoms with Gasteiger partial charge in [0.05, 0.1) is 10.6 Å². The molecule has 4 rings (SSSR count). The van der Waals surface area contributed by atoms with Gasteiger partial charge in [0, 0.05) is 36.9 Å². The van der Waals surface area contributed by atoms with Crippen LogP contribution in [0.2, 0.25) is 10.0 Å². The summed E-state index contributed by atoms with van der Waals surface area (Å²) in [6.07, 6.45) is 0.583. The smallest absolute Gasteiger partial charge is 0.321 e. The number of nitrogens with zero attached hydrogens (tertiary/aromatic N) is 3. The largest absolute Gasteiger partial charge is 0.360 e. The first-order valence-electron chi connectivity index (χ1n) is 10.4. The van der Waals surface area contributed by atoms with Crippen molar-refractivity contribution in [1.29, 1.82) is 0 Å².